The number of benzene rings is 2. The van der Waals surface area contributed by atoms with Gasteiger partial charge in [-0.2, -0.15) is 13.2 Å². The topological polar surface area (TPSA) is 26.8 Å². The summed E-state index contributed by atoms with van der Waals surface area (Å²) in [7, 11) is 0. The van der Waals surface area contributed by atoms with Gasteiger partial charge in [0, 0.05) is 37.9 Å². The van der Waals surface area contributed by atoms with Crippen molar-refractivity contribution < 1.29 is 18.0 Å². The van der Waals surface area contributed by atoms with Crippen LogP contribution in [0.15, 0.2) is 48.5 Å². The van der Waals surface area contributed by atoms with Crippen LogP contribution >= 0.6 is 0 Å². The number of anilines is 1. The molecule has 4 rings (SSSR count). The molecule has 7 heteroatoms. The summed E-state index contributed by atoms with van der Waals surface area (Å²) in [6, 6.07) is 14.1. The summed E-state index contributed by atoms with van der Waals surface area (Å²) in [5.74, 6) is 0.483. The van der Waals surface area contributed by atoms with Crippen molar-refractivity contribution in [2.24, 2.45) is 5.92 Å². The minimum Gasteiger partial charge on any atom is -0.324 e. The first-order valence-corrected chi connectivity index (χ1v) is 12.8. The second-order valence-electron chi connectivity index (χ2n) is 9.94. The van der Waals surface area contributed by atoms with Crippen LogP contribution in [0.5, 0.6) is 0 Å². The molecule has 35 heavy (non-hydrogen) atoms. The molecular weight excluding hydrogens is 451 g/mol. The van der Waals surface area contributed by atoms with E-state index < -0.39 is 11.7 Å². The molecule has 4 nitrogen and oxygen atoms in total. The normalized spacial score (nSPS) is 18.0. The van der Waals surface area contributed by atoms with Crippen LogP contribution < -0.4 is 4.90 Å². The average Bonchev–Trinajstić information content (AvgIpc) is 2.86. The zero-order valence-corrected chi connectivity index (χ0v) is 20.7. The molecule has 1 unspecified atom stereocenters. The number of rotatable bonds is 6. The smallest absolute Gasteiger partial charge is 0.324 e. The number of nitrogens with zero attached hydrogens (tertiary/aromatic N) is 3. The average molecular weight is 488 g/mol. The van der Waals surface area contributed by atoms with Crippen LogP contribution in [0, 0.1) is 5.92 Å². The molecule has 1 atom stereocenters. The zero-order chi connectivity index (χ0) is 25.0. The Morgan fingerprint density at radius 1 is 1.09 bits per heavy atom. The number of halogens is 3. The molecule has 0 aliphatic carbocycles. The van der Waals surface area contributed by atoms with Crippen LogP contribution in [0.25, 0.3) is 0 Å². The third kappa shape index (κ3) is 6.18. The highest BCUT2D eigenvalue weighted by molar-refractivity contribution is 5.93. The lowest BCUT2D eigenvalue weighted by atomic mass is 9.94. The Morgan fingerprint density at radius 2 is 1.83 bits per heavy atom. The molecule has 0 spiro atoms. The summed E-state index contributed by atoms with van der Waals surface area (Å²) in [5, 5.41) is 0. The van der Waals surface area contributed by atoms with E-state index in [0.717, 1.165) is 70.2 Å². The minimum absolute atomic E-state index is 0.112. The number of fused-ring (bicyclic) bond motifs is 1. The van der Waals surface area contributed by atoms with Crippen molar-refractivity contribution in [1.82, 2.24) is 9.80 Å². The lowest BCUT2D eigenvalue weighted by Gasteiger charge is -2.39. The zero-order valence-electron chi connectivity index (χ0n) is 20.7. The first-order valence-electron chi connectivity index (χ1n) is 12.8. The van der Waals surface area contributed by atoms with Crippen molar-refractivity contribution in [1.29, 1.82) is 0 Å². The Bertz CT molecular complexity index is 1000. The van der Waals surface area contributed by atoms with Crippen LogP contribution in [0.3, 0.4) is 0 Å². The standard InChI is InChI=1S/C28H36F3N3O/c1-3-32(21(2)18-23-8-6-11-25(19-23)28(29,30)31)20-22-13-16-33(17-14-22)27(35)34-15-7-10-24-9-4-5-12-26(24)34/h4-6,8-9,11-12,19,21-22H,3,7,10,13-18,20H2,1-2H3. The van der Waals surface area contributed by atoms with E-state index >= 15 is 0 Å². The maximum Gasteiger partial charge on any atom is 0.416 e. The van der Waals surface area contributed by atoms with E-state index in [1.54, 1.807) is 6.07 Å². The predicted octanol–water partition coefficient (Wildman–Crippen LogP) is 6.24. The number of carbonyl (C=O) groups excluding carboxylic acids is 1. The molecule has 0 saturated carbocycles. The van der Waals surface area contributed by atoms with Gasteiger partial charge < -0.3 is 9.80 Å². The molecule has 0 radical (unpaired) electrons. The Balaban J connectivity index is 1.30. The van der Waals surface area contributed by atoms with Crippen molar-refractivity contribution in [3.63, 3.8) is 0 Å². The molecule has 2 aromatic carbocycles. The maximum absolute atomic E-state index is 13.3. The Morgan fingerprint density at radius 3 is 2.54 bits per heavy atom. The molecule has 0 N–H and O–H groups in total. The van der Waals surface area contributed by atoms with Gasteiger partial charge in [-0.1, -0.05) is 43.3 Å². The van der Waals surface area contributed by atoms with E-state index in [-0.39, 0.29) is 12.1 Å². The van der Waals surface area contributed by atoms with Crippen molar-refractivity contribution in [3.8, 4) is 0 Å². The number of para-hydroxylation sites is 1. The highest BCUT2D eigenvalue weighted by atomic mass is 19.4. The summed E-state index contributed by atoms with van der Waals surface area (Å²) in [4.78, 5) is 19.6. The molecule has 2 aliphatic rings. The molecule has 1 saturated heterocycles. The molecule has 0 bridgehead atoms. The van der Waals surface area contributed by atoms with Crippen LogP contribution in [-0.2, 0) is 19.0 Å². The first-order chi connectivity index (χ1) is 16.8. The molecule has 2 amide bonds. The fourth-order valence-corrected chi connectivity index (χ4v) is 5.51. The fourth-order valence-electron chi connectivity index (χ4n) is 5.51. The Hall–Kier alpha value is -2.54. The molecule has 1 fully saturated rings. The first kappa shape index (κ1) is 25.5. The number of likely N-dealkylation sites (N-methyl/N-ethyl adjacent to an activating group) is 1. The Labute approximate surface area is 206 Å². The number of urea groups is 1. The van der Waals surface area contributed by atoms with Gasteiger partial charge in [-0.15, -0.1) is 0 Å². The number of hydrogen-bond acceptors (Lipinski definition) is 2. The molecule has 190 valence electrons. The summed E-state index contributed by atoms with van der Waals surface area (Å²) >= 11 is 0. The highest BCUT2D eigenvalue weighted by Crippen LogP contribution is 2.31. The SMILES string of the molecule is CCN(CC1CCN(C(=O)N2CCCc3ccccc32)CC1)C(C)Cc1cccc(C(F)(F)F)c1. The quantitative estimate of drug-likeness (QED) is 0.482. The van der Waals surface area contributed by atoms with Crippen molar-refractivity contribution in [2.75, 3.05) is 37.6 Å². The van der Waals surface area contributed by atoms with Gasteiger partial charge in [-0.25, -0.2) is 4.79 Å². The lowest BCUT2D eigenvalue weighted by Crippen LogP contribution is -2.49. The monoisotopic (exact) mass is 487 g/mol. The van der Waals surface area contributed by atoms with E-state index in [4.69, 9.17) is 0 Å². The second-order valence-corrected chi connectivity index (χ2v) is 9.94. The third-order valence-electron chi connectivity index (χ3n) is 7.53. The summed E-state index contributed by atoms with van der Waals surface area (Å²) < 4.78 is 39.2. The predicted molar refractivity (Wildman–Crippen MR) is 134 cm³/mol. The van der Waals surface area contributed by atoms with Crippen LogP contribution in [-0.4, -0.2) is 54.6 Å². The number of carbonyl (C=O) groups is 1. The number of likely N-dealkylation sites (tertiary alicyclic amines) is 1. The van der Waals surface area contributed by atoms with E-state index in [9.17, 15) is 18.0 Å². The van der Waals surface area contributed by atoms with Crippen molar-refractivity contribution in [2.45, 2.75) is 58.2 Å². The van der Waals surface area contributed by atoms with E-state index in [1.807, 2.05) is 28.0 Å². The van der Waals surface area contributed by atoms with Gasteiger partial charge >= 0.3 is 12.2 Å². The largest absolute Gasteiger partial charge is 0.416 e. The van der Waals surface area contributed by atoms with Gasteiger partial charge in [0.25, 0.3) is 0 Å². The molecule has 2 aliphatic heterocycles. The summed E-state index contributed by atoms with van der Waals surface area (Å²) in [6.45, 7) is 8.23. The van der Waals surface area contributed by atoms with Gasteiger partial charge in [0.1, 0.15) is 0 Å². The van der Waals surface area contributed by atoms with Crippen LogP contribution in [0.2, 0.25) is 0 Å². The molecule has 0 aromatic heterocycles. The minimum atomic E-state index is -4.31. The molecule has 2 aromatic rings. The van der Waals surface area contributed by atoms with Gasteiger partial charge in [-0.05, 0) is 74.8 Å². The highest BCUT2D eigenvalue weighted by Gasteiger charge is 2.32. The second kappa shape index (κ2) is 11.0. The molecule has 2 heterocycles. The summed E-state index contributed by atoms with van der Waals surface area (Å²) in [6.07, 6.45) is 0.193. The number of alkyl halides is 3. The third-order valence-corrected chi connectivity index (χ3v) is 7.53. The van der Waals surface area contributed by atoms with Gasteiger partial charge in [0.15, 0.2) is 0 Å². The maximum atomic E-state index is 13.3. The van der Waals surface area contributed by atoms with Crippen molar-refractivity contribution >= 4 is 11.7 Å². The van der Waals surface area contributed by atoms with Crippen LogP contribution in [0.4, 0.5) is 23.7 Å². The number of aryl methyl sites for hydroxylation is 1. The Kier molecular flexibility index (Phi) is 8.05. The number of hydrogen-bond donors (Lipinski definition) is 0. The van der Waals surface area contributed by atoms with E-state index in [0.29, 0.717) is 17.9 Å². The van der Waals surface area contributed by atoms with Gasteiger partial charge in [0.05, 0.1) is 5.56 Å². The number of piperidine rings is 1. The van der Waals surface area contributed by atoms with E-state index in [1.165, 1.54) is 17.7 Å². The van der Waals surface area contributed by atoms with E-state index in [2.05, 4.69) is 24.8 Å². The van der Waals surface area contributed by atoms with Crippen LogP contribution in [0.1, 0.15) is 49.8 Å². The molecular formula is C28H36F3N3O. The van der Waals surface area contributed by atoms with Crippen molar-refractivity contribution in [3.05, 3.63) is 65.2 Å². The summed E-state index contributed by atoms with van der Waals surface area (Å²) in [5.41, 5.74) is 2.42. The fraction of sp³-hybridized carbons (Fsp3) is 0.536. The number of amides is 2. The van der Waals surface area contributed by atoms with Gasteiger partial charge in [0.2, 0.25) is 0 Å². The lowest BCUT2D eigenvalue weighted by molar-refractivity contribution is -0.137. The van der Waals surface area contributed by atoms with Gasteiger partial charge in [-0.3, -0.25) is 4.90 Å².